The largest absolute Gasteiger partial charge is 0.323 e. The number of para-hydroxylation sites is 1. The fourth-order valence-electron chi connectivity index (χ4n) is 2.77. The maximum Gasteiger partial charge on any atom is 0.228 e. The maximum atomic E-state index is 12.1. The van der Waals surface area contributed by atoms with Crippen molar-refractivity contribution in [1.82, 2.24) is 20.6 Å². The number of nitrogens with one attached hydrogen (secondary N) is 3. The van der Waals surface area contributed by atoms with Crippen LogP contribution < -0.4 is 16.0 Å². The fraction of sp³-hybridized carbons (Fsp3) is 0.375. The van der Waals surface area contributed by atoms with Gasteiger partial charge in [0, 0.05) is 17.8 Å². The molecule has 7 heteroatoms. The van der Waals surface area contributed by atoms with Crippen molar-refractivity contribution in [3.63, 3.8) is 0 Å². The quantitative estimate of drug-likeness (QED) is 0.789. The maximum absolute atomic E-state index is 12.1. The minimum atomic E-state index is -0.465. The zero-order valence-electron chi connectivity index (χ0n) is 13.0. The topological polar surface area (TPSA) is 103 Å². The molecule has 1 saturated heterocycles. The Labute approximate surface area is 134 Å². The molecular weight excluding hydrogens is 292 g/mol. The van der Waals surface area contributed by atoms with E-state index >= 15 is 0 Å². The SMILES string of the molecule is Cc1nc(NC2NC(=O)C(CC#N)C(C)N2)nc2ccccc12. The van der Waals surface area contributed by atoms with Crippen LogP contribution in [0.1, 0.15) is 19.0 Å². The Bertz CT molecular complexity index is 784. The number of carbonyl (C=O) groups is 1. The van der Waals surface area contributed by atoms with Crippen LogP contribution in [-0.2, 0) is 4.79 Å². The van der Waals surface area contributed by atoms with Crippen LogP contribution in [-0.4, -0.2) is 28.2 Å². The van der Waals surface area contributed by atoms with Crippen molar-refractivity contribution in [1.29, 1.82) is 5.26 Å². The van der Waals surface area contributed by atoms with E-state index in [-0.39, 0.29) is 24.3 Å². The van der Waals surface area contributed by atoms with E-state index in [0.717, 1.165) is 16.6 Å². The molecule has 3 N–H and O–H groups in total. The van der Waals surface area contributed by atoms with Crippen molar-refractivity contribution in [2.45, 2.75) is 32.6 Å². The Morgan fingerprint density at radius 1 is 1.35 bits per heavy atom. The van der Waals surface area contributed by atoms with Gasteiger partial charge < -0.3 is 10.6 Å². The summed E-state index contributed by atoms with van der Waals surface area (Å²) in [5.41, 5.74) is 1.72. The van der Waals surface area contributed by atoms with Crippen LogP contribution in [0.3, 0.4) is 0 Å². The lowest BCUT2D eigenvalue weighted by atomic mass is 9.95. The fourth-order valence-corrected chi connectivity index (χ4v) is 2.77. The molecule has 3 rings (SSSR count). The van der Waals surface area contributed by atoms with Gasteiger partial charge in [-0.2, -0.15) is 5.26 Å². The van der Waals surface area contributed by atoms with Gasteiger partial charge >= 0.3 is 0 Å². The average molecular weight is 310 g/mol. The second kappa shape index (κ2) is 6.18. The highest BCUT2D eigenvalue weighted by Gasteiger charge is 2.33. The van der Waals surface area contributed by atoms with Crippen LogP contribution in [0.15, 0.2) is 24.3 Å². The van der Waals surface area contributed by atoms with Crippen molar-refractivity contribution in [3.05, 3.63) is 30.0 Å². The van der Waals surface area contributed by atoms with Gasteiger partial charge in [0.2, 0.25) is 11.9 Å². The number of hydrogen-bond donors (Lipinski definition) is 3. The summed E-state index contributed by atoms with van der Waals surface area (Å²) >= 11 is 0. The second-order valence-corrected chi connectivity index (χ2v) is 5.66. The standard InChI is InChI=1S/C16H18N6O/c1-9-11-5-3-4-6-13(11)20-15(18-9)22-16-19-10(2)12(7-8-17)14(23)21-16/h3-6,10,12,16,19H,7H2,1-2H3,(H,21,23)(H,18,20,22). The smallest absolute Gasteiger partial charge is 0.228 e. The Hall–Kier alpha value is -2.72. The van der Waals surface area contributed by atoms with Crippen LogP contribution in [0.5, 0.6) is 0 Å². The number of amides is 1. The Kier molecular flexibility index (Phi) is 4.08. The molecule has 1 aliphatic heterocycles. The Balaban J connectivity index is 1.78. The number of benzene rings is 1. The Morgan fingerprint density at radius 3 is 2.87 bits per heavy atom. The molecule has 7 nitrogen and oxygen atoms in total. The number of aromatic nitrogens is 2. The first kappa shape index (κ1) is 15.2. The van der Waals surface area contributed by atoms with E-state index < -0.39 is 6.29 Å². The first-order valence-electron chi connectivity index (χ1n) is 7.52. The second-order valence-electron chi connectivity index (χ2n) is 5.66. The Morgan fingerprint density at radius 2 is 2.13 bits per heavy atom. The van der Waals surface area contributed by atoms with Gasteiger partial charge in [-0.15, -0.1) is 0 Å². The van der Waals surface area contributed by atoms with Crippen molar-refractivity contribution < 1.29 is 4.79 Å². The predicted octanol–water partition coefficient (Wildman–Crippen LogP) is 1.27. The summed E-state index contributed by atoms with van der Waals surface area (Å²) in [4.78, 5) is 21.0. The highest BCUT2D eigenvalue weighted by Crippen LogP contribution is 2.18. The molecule has 1 aliphatic rings. The summed E-state index contributed by atoms with van der Waals surface area (Å²) in [5, 5.41) is 18.9. The third-order valence-electron chi connectivity index (χ3n) is 4.03. The number of fused-ring (bicyclic) bond motifs is 1. The third kappa shape index (κ3) is 3.07. The molecule has 0 aliphatic carbocycles. The molecule has 3 unspecified atom stereocenters. The molecule has 118 valence electrons. The van der Waals surface area contributed by atoms with E-state index in [4.69, 9.17) is 5.26 Å². The zero-order valence-corrected chi connectivity index (χ0v) is 13.0. The molecule has 2 aromatic rings. The van der Waals surface area contributed by atoms with Crippen LogP contribution in [0.25, 0.3) is 10.9 Å². The number of hydrogen-bond acceptors (Lipinski definition) is 6. The molecule has 23 heavy (non-hydrogen) atoms. The van der Waals surface area contributed by atoms with Gasteiger partial charge in [-0.25, -0.2) is 9.97 Å². The zero-order chi connectivity index (χ0) is 16.4. The molecule has 0 radical (unpaired) electrons. The summed E-state index contributed by atoms with van der Waals surface area (Å²) < 4.78 is 0. The van der Waals surface area contributed by atoms with E-state index in [1.807, 2.05) is 44.2 Å². The lowest BCUT2D eigenvalue weighted by Crippen LogP contribution is -2.63. The number of aryl methyl sites for hydroxylation is 1. The number of rotatable bonds is 3. The number of anilines is 1. The number of carbonyl (C=O) groups excluding carboxylic acids is 1. The lowest BCUT2D eigenvalue weighted by Gasteiger charge is -2.34. The van der Waals surface area contributed by atoms with Gasteiger partial charge in [0.25, 0.3) is 0 Å². The van der Waals surface area contributed by atoms with Crippen molar-refractivity contribution >= 4 is 22.8 Å². The van der Waals surface area contributed by atoms with Gasteiger partial charge in [-0.05, 0) is 19.9 Å². The molecule has 3 atom stereocenters. The van der Waals surface area contributed by atoms with E-state index in [1.54, 1.807) is 0 Å². The van der Waals surface area contributed by atoms with Crippen LogP contribution in [0, 0.1) is 24.2 Å². The minimum Gasteiger partial charge on any atom is -0.323 e. The van der Waals surface area contributed by atoms with E-state index in [2.05, 4.69) is 25.9 Å². The van der Waals surface area contributed by atoms with Crippen LogP contribution >= 0.6 is 0 Å². The summed E-state index contributed by atoms with van der Waals surface area (Å²) in [5.74, 6) is -0.0462. The summed E-state index contributed by atoms with van der Waals surface area (Å²) in [7, 11) is 0. The lowest BCUT2D eigenvalue weighted by molar-refractivity contribution is -0.128. The average Bonchev–Trinajstić information content (AvgIpc) is 2.51. The van der Waals surface area contributed by atoms with Crippen LogP contribution in [0.2, 0.25) is 0 Å². The van der Waals surface area contributed by atoms with E-state index in [1.165, 1.54) is 0 Å². The number of nitrogens with zero attached hydrogens (tertiary/aromatic N) is 3. The molecule has 1 aromatic carbocycles. The highest BCUT2D eigenvalue weighted by molar-refractivity contribution is 5.82. The molecule has 1 amide bonds. The first-order valence-corrected chi connectivity index (χ1v) is 7.52. The van der Waals surface area contributed by atoms with E-state index in [9.17, 15) is 4.79 Å². The predicted molar refractivity (Wildman–Crippen MR) is 86.1 cm³/mol. The van der Waals surface area contributed by atoms with Gasteiger partial charge in [-0.3, -0.25) is 10.1 Å². The highest BCUT2D eigenvalue weighted by atomic mass is 16.2. The normalized spacial score (nSPS) is 24.0. The summed E-state index contributed by atoms with van der Waals surface area (Å²) in [6, 6.07) is 9.71. The summed E-state index contributed by atoms with van der Waals surface area (Å²) in [6.45, 7) is 3.82. The van der Waals surface area contributed by atoms with Gasteiger partial charge in [0.1, 0.15) is 0 Å². The molecule has 0 bridgehead atoms. The van der Waals surface area contributed by atoms with Crippen molar-refractivity contribution in [2.24, 2.45) is 5.92 Å². The summed E-state index contributed by atoms with van der Waals surface area (Å²) in [6.07, 6.45) is -0.272. The van der Waals surface area contributed by atoms with Crippen LogP contribution in [0.4, 0.5) is 5.95 Å². The molecule has 2 heterocycles. The van der Waals surface area contributed by atoms with Gasteiger partial charge in [-0.1, -0.05) is 18.2 Å². The minimum absolute atomic E-state index is 0.109. The molecule has 1 aromatic heterocycles. The molecule has 1 fully saturated rings. The van der Waals surface area contributed by atoms with Gasteiger partial charge in [0.05, 0.1) is 23.2 Å². The molecule has 0 saturated carbocycles. The monoisotopic (exact) mass is 310 g/mol. The van der Waals surface area contributed by atoms with E-state index in [0.29, 0.717) is 5.95 Å². The van der Waals surface area contributed by atoms with Crippen molar-refractivity contribution in [2.75, 3.05) is 5.32 Å². The first-order chi connectivity index (χ1) is 11.1. The van der Waals surface area contributed by atoms with Crippen molar-refractivity contribution in [3.8, 4) is 6.07 Å². The van der Waals surface area contributed by atoms with Gasteiger partial charge in [0.15, 0.2) is 6.29 Å². The molecule has 0 spiro atoms. The third-order valence-corrected chi connectivity index (χ3v) is 4.03. The number of nitriles is 1. The molecular formula is C16H18N6O.